The zero-order valence-electron chi connectivity index (χ0n) is 17.5. The summed E-state index contributed by atoms with van der Waals surface area (Å²) in [6.07, 6.45) is 2.23. The fourth-order valence-corrected chi connectivity index (χ4v) is 2.05. The average molecular weight is 290 g/mol. The molecule has 0 aromatic carbocycles. The number of aromatic nitrogens is 3. The van der Waals surface area contributed by atoms with Gasteiger partial charge in [0.05, 0.1) is 32.0 Å². The Labute approximate surface area is 132 Å². The van der Waals surface area contributed by atoms with Crippen LogP contribution in [0.1, 0.15) is 40.1 Å². The zero-order valence-corrected chi connectivity index (χ0v) is 12.5. The third-order valence-corrected chi connectivity index (χ3v) is 3.99. The molecule has 2 aromatic heterocycles. The van der Waals surface area contributed by atoms with Crippen molar-refractivity contribution < 1.29 is 16.2 Å². The maximum absolute atomic E-state index is 8.10. The van der Waals surface area contributed by atoms with Crippen LogP contribution in [0.4, 0.5) is 0 Å². The molecule has 0 bridgehead atoms. The Balaban J connectivity index is 2.00. The highest BCUT2D eigenvalue weighted by Gasteiger charge is 2.51. The van der Waals surface area contributed by atoms with Crippen molar-refractivity contribution >= 4 is 12.6 Å². The van der Waals surface area contributed by atoms with E-state index in [0.717, 1.165) is 4.68 Å². The molecule has 0 aliphatic carbocycles. The summed E-state index contributed by atoms with van der Waals surface area (Å²) in [6, 6.07) is 1.67. The highest BCUT2D eigenvalue weighted by Crippen LogP contribution is 2.36. The zero-order chi connectivity index (χ0) is 19.5. The van der Waals surface area contributed by atoms with Gasteiger partial charge in [0.25, 0.3) is 0 Å². The lowest BCUT2D eigenvalue weighted by Gasteiger charge is -2.32. The molecule has 1 aliphatic heterocycles. The molecule has 3 rings (SSSR count). The lowest BCUT2D eigenvalue weighted by Crippen LogP contribution is -2.41. The smallest absolute Gasteiger partial charge is 0.399 e. The van der Waals surface area contributed by atoms with Gasteiger partial charge >= 0.3 is 7.12 Å². The van der Waals surface area contributed by atoms with Gasteiger partial charge < -0.3 is 9.31 Å². The van der Waals surface area contributed by atoms with Gasteiger partial charge in [-0.2, -0.15) is 5.10 Å². The van der Waals surface area contributed by atoms with Crippen LogP contribution in [-0.2, 0) is 9.31 Å². The Morgan fingerprint density at radius 2 is 1.95 bits per heavy atom. The van der Waals surface area contributed by atoms with Gasteiger partial charge in [0.1, 0.15) is 0 Å². The summed E-state index contributed by atoms with van der Waals surface area (Å²) >= 11 is 0. The van der Waals surface area contributed by atoms with Crippen molar-refractivity contribution in [1.82, 2.24) is 14.8 Å². The van der Waals surface area contributed by atoms with E-state index in [2.05, 4.69) is 10.1 Å². The minimum absolute atomic E-state index is 0.358. The number of pyridine rings is 1. The molecule has 0 atom stereocenters. The van der Waals surface area contributed by atoms with E-state index < -0.39 is 36.9 Å². The molecule has 1 saturated heterocycles. The standard InChI is InChI=1S/C15H20BN3O2/c1-11-7-18-19(10-11)13-6-12(8-17-9-13)16-20-14(2,3)15(4,5)21-16/h6-10H,1-5H3/i1D3,7D,10D. The molecule has 21 heavy (non-hydrogen) atoms. The van der Waals surface area contributed by atoms with Crippen LogP contribution < -0.4 is 5.46 Å². The second-order valence-corrected chi connectivity index (χ2v) is 6.08. The molecule has 0 saturated carbocycles. The molecular formula is C15H20BN3O2. The lowest BCUT2D eigenvalue weighted by atomic mass is 9.80. The van der Waals surface area contributed by atoms with Crippen LogP contribution in [0.15, 0.2) is 30.8 Å². The van der Waals surface area contributed by atoms with Gasteiger partial charge in [0.2, 0.25) is 0 Å². The molecular weight excluding hydrogens is 265 g/mol. The maximum Gasteiger partial charge on any atom is 0.496 e. The van der Waals surface area contributed by atoms with Gasteiger partial charge in [-0.15, -0.1) is 0 Å². The molecule has 0 radical (unpaired) electrons. The molecule has 0 N–H and O–H groups in total. The van der Waals surface area contributed by atoms with Crippen molar-refractivity contribution in [3.05, 3.63) is 36.4 Å². The molecule has 6 heteroatoms. The number of hydrogen-bond acceptors (Lipinski definition) is 4. The van der Waals surface area contributed by atoms with Crippen LogP contribution in [0.5, 0.6) is 0 Å². The number of rotatable bonds is 2. The molecule has 0 unspecified atom stereocenters. The number of nitrogens with zero attached hydrogens (tertiary/aromatic N) is 3. The van der Waals surface area contributed by atoms with Gasteiger partial charge in [-0.25, -0.2) is 4.68 Å². The van der Waals surface area contributed by atoms with Crippen molar-refractivity contribution in [1.29, 1.82) is 0 Å². The van der Waals surface area contributed by atoms with Crippen molar-refractivity contribution in [2.75, 3.05) is 0 Å². The summed E-state index contributed by atoms with van der Waals surface area (Å²) in [5.41, 5.74) is -0.423. The summed E-state index contributed by atoms with van der Waals surface area (Å²) < 4.78 is 51.4. The van der Waals surface area contributed by atoms with E-state index in [9.17, 15) is 0 Å². The second-order valence-electron chi connectivity index (χ2n) is 6.08. The van der Waals surface area contributed by atoms with Crippen molar-refractivity contribution in [2.45, 2.75) is 45.7 Å². The lowest BCUT2D eigenvalue weighted by molar-refractivity contribution is 0.00578. The highest BCUT2D eigenvalue weighted by atomic mass is 16.7. The van der Waals surface area contributed by atoms with Gasteiger partial charge in [-0.05, 0) is 46.2 Å². The Morgan fingerprint density at radius 3 is 2.57 bits per heavy atom. The van der Waals surface area contributed by atoms with Crippen molar-refractivity contribution in [2.24, 2.45) is 0 Å². The first-order valence-corrected chi connectivity index (χ1v) is 6.71. The first-order chi connectivity index (χ1) is 11.8. The van der Waals surface area contributed by atoms with Crippen LogP contribution in [0.2, 0.25) is 0 Å². The number of hydrogen-bond donors (Lipinski definition) is 0. The summed E-state index contributed by atoms with van der Waals surface area (Å²) in [4.78, 5) is 4.14. The predicted octanol–water partition coefficient (Wildman–Crippen LogP) is 1.87. The van der Waals surface area contributed by atoms with Crippen LogP contribution in [0.3, 0.4) is 0 Å². The second kappa shape index (κ2) is 4.68. The van der Waals surface area contributed by atoms with E-state index in [-0.39, 0.29) is 6.17 Å². The first kappa shape index (κ1) is 9.38. The van der Waals surface area contributed by atoms with E-state index in [0.29, 0.717) is 11.2 Å². The highest BCUT2D eigenvalue weighted by molar-refractivity contribution is 6.62. The Kier molecular flexibility index (Phi) is 2.09. The van der Waals surface area contributed by atoms with E-state index >= 15 is 0 Å². The van der Waals surface area contributed by atoms with Crippen LogP contribution >= 0.6 is 0 Å². The Bertz CT molecular complexity index is 834. The minimum Gasteiger partial charge on any atom is -0.399 e. The fraction of sp³-hybridized carbons (Fsp3) is 0.467. The van der Waals surface area contributed by atoms with Gasteiger partial charge in [-0.3, -0.25) is 4.98 Å². The summed E-state index contributed by atoms with van der Waals surface area (Å²) in [6.45, 7) is 5.18. The Hall–Kier alpha value is -1.66. The topological polar surface area (TPSA) is 49.2 Å². The first-order valence-electron chi connectivity index (χ1n) is 9.21. The molecule has 3 heterocycles. The molecule has 1 aliphatic rings. The van der Waals surface area contributed by atoms with Gasteiger partial charge in [0, 0.05) is 21.9 Å². The molecule has 0 amide bonds. The predicted molar refractivity (Wildman–Crippen MR) is 81.8 cm³/mol. The summed E-state index contributed by atoms with van der Waals surface area (Å²) in [5.74, 6) is 0. The molecule has 110 valence electrons. The average Bonchev–Trinajstić information content (AvgIpc) is 2.91. The summed E-state index contributed by atoms with van der Waals surface area (Å²) in [7, 11) is -0.644. The van der Waals surface area contributed by atoms with E-state index in [4.69, 9.17) is 16.2 Å². The quantitative estimate of drug-likeness (QED) is 0.792. The largest absolute Gasteiger partial charge is 0.496 e. The third-order valence-electron chi connectivity index (χ3n) is 3.99. The van der Waals surface area contributed by atoms with Crippen LogP contribution in [0, 0.1) is 6.85 Å². The minimum atomic E-state index is -2.58. The van der Waals surface area contributed by atoms with Crippen molar-refractivity contribution in [3.63, 3.8) is 0 Å². The normalized spacial score (nSPS) is 24.0. The Morgan fingerprint density at radius 1 is 1.24 bits per heavy atom. The molecule has 2 aromatic rings. The van der Waals surface area contributed by atoms with Gasteiger partial charge in [-0.1, -0.05) is 0 Å². The van der Waals surface area contributed by atoms with E-state index in [1.165, 1.54) is 6.20 Å². The molecule has 5 nitrogen and oxygen atoms in total. The maximum atomic E-state index is 8.10. The van der Waals surface area contributed by atoms with E-state index in [1.54, 1.807) is 12.3 Å². The molecule has 1 fully saturated rings. The van der Waals surface area contributed by atoms with E-state index in [1.807, 2.05) is 27.7 Å². The van der Waals surface area contributed by atoms with Gasteiger partial charge in [0.15, 0.2) is 0 Å². The molecule has 0 spiro atoms. The monoisotopic (exact) mass is 290 g/mol. The van der Waals surface area contributed by atoms with Crippen LogP contribution in [-0.4, -0.2) is 33.1 Å². The fourth-order valence-electron chi connectivity index (χ4n) is 2.05. The van der Waals surface area contributed by atoms with Crippen LogP contribution in [0.25, 0.3) is 5.69 Å². The SMILES string of the molecule is [2H]c1nn(-c2cncc(B3OC(C)(C)C(C)(C)O3)c2)c([2H])c1C([2H])([2H])[2H]. The van der Waals surface area contributed by atoms with Crippen molar-refractivity contribution in [3.8, 4) is 5.69 Å². The third kappa shape index (κ3) is 2.49. The summed E-state index contributed by atoms with van der Waals surface area (Å²) in [5, 5.41) is 3.89.